The van der Waals surface area contributed by atoms with Crippen molar-refractivity contribution < 1.29 is 9.13 Å². The van der Waals surface area contributed by atoms with E-state index < -0.39 is 0 Å². The van der Waals surface area contributed by atoms with Crippen molar-refractivity contribution in [1.82, 2.24) is 0 Å². The molecule has 0 radical (unpaired) electrons. The van der Waals surface area contributed by atoms with Crippen LogP contribution in [0.5, 0.6) is 5.75 Å². The fraction of sp³-hybridized carbons (Fsp3) is 0.200. The molecule has 0 bridgehead atoms. The lowest BCUT2D eigenvalue weighted by Crippen LogP contribution is -1.91. The van der Waals surface area contributed by atoms with Crippen molar-refractivity contribution in [2.75, 3.05) is 12.4 Å². The molecule has 1 rings (SSSR count). The van der Waals surface area contributed by atoms with Gasteiger partial charge in [-0.3, -0.25) is 0 Å². The van der Waals surface area contributed by atoms with Crippen molar-refractivity contribution in [3.8, 4) is 17.6 Å². The molecule has 0 heterocycles. The van der Waals surface area contributed by atoms with Gasteiger partial charge in [0.25, 0.3) is 0 Å². The summed E-state index contributed by atoms with van der Waals surface area (Å²) < 4.78 is 18.1. The Hall–Kier alpha value is -1.01. The van der Waals surface area contributed by atoms with Gasteiger partial charge < -0.3 is 4.74 Å². The van der Waals surface area contributed by atoms with Gasteiger partial charge >= 0.3 is 0 Å². The fourth-order valence-corrected chi connectivity index (χ4v) is 1.06. The second-order valence-corrected chi connectivity index (χ2v) is 2.81. The molecule has 0 aromatic heterocycles. The lowest BCUT2D eigenvalue weighted by atomic mass is 10.2. The number of halogens is 2. The molecule has 13 heavy (non-hydrogen) atoms. The van der Waals surface area contributed by atoms with Crippen LogP contribution in [0.25, 0.3) is 0 Å². The molecule has 1 aromatic rings. The molecular formula is C10H8BrFO. The Morgan fingerprint density at radius 2 is 2.31 bits per heavy atom. The molecule has 0 amide bonds. The van der Waals surface area contributed by atoms with E-state index in [0.29, 0.717) is 16.6 Å². The zero-order chi connectivity index (χ0) is 9.68. The van der Waals surface area contributed by atoms with Crippen LogP contribution in [0, 0.1) is 17.7 Å². The van der Waals surface area contributed by atoms with Crippen molar-refractivity contribution in [3.63, 3.8) is 0 Å². The number of methoxy groups -OCH3 is 1. The largest absolute Gasteiger partial charge is 0.495 e. The monoisotopic (exact) mass is 242 g/mol. The lowest BCUT2D eigenvalue weighted by Gasteiger charge is -2.02. The second kappa shape index (κ2) is 4.88. The second-order valence-electron chi connectivity index (χ2n) is 2.25. The van der Waals surface area contributed by atoms with Gasteiger partial charge in [-0.1, -0.05) is 33.8 Å². The van der Waals surface area contributed by atoms with Gasteiger partial charge in [0.05, 0.1) is 12.4 Å². The lowest BCUT2D eigenvalue weighted by molar-refractivity contribution is 0.409. The highest BCUT2D eigenvalue weighted by molar-refractivity contribution is 9.09. The normalized spacial score (nSPS) is 8.85. The molecule has 0 fully saturated rings. The zero-order valence-corrected chi connectivity index (χ0v) is 8.69. The van der Waals surface area contributed by atoms with Crippen molar-refractivity contribution in [2.45, 2.75) is 0 Å². The van der Waals surface area contributed by atoms with Gasteiger partial charge in [0, 0.05) is 0 Å². The first-order valence-electron chi connectivity index (χ1n) is 3.67. The summed E-state index contributed by atoms with van der Waals surface area (Å²) in [5.74, 6) is 5.52. The number of benzene rings is 1. The average Bonchev–Trinajstić information content (AvgIpc) is 2.15. The number of ether oxygens (including phenoxy) is 1. The van der Waals surface area contributed by atoms with Crippen LogP contribution in [0.4, 0.5) is 4.39 Å². The summed E-state index contributed by atoms with van der Waals surface area (Å²) in [7, 11) is 1.49. The van der Waals surface area contributed by atoms with Crippen molar-refractivity contribution in [2.24, 2.45) is 0 Å². The predicted molar refractivity (Wildman–Crippen MR) is 53.6 cm³/mol. The molecule has 0 N–H and O–H groups in total. The third-order valence-corrected chi connectivity index (χ3v) is 1.76. The molecule has 0 unspecified atom stereocenters. The van der Waals surface area contributed by atoms with Gasteiger partial charge in [-0.15, -0.1) is 0 Å². The number of rotatable bonds is 1. The average molecular weight is 243 g/mol. The van der Waals surface area contributed by atoms with Gasteiger partial charge in [-0.2, -0.15) is 0 Å². The quantitative estimate of drug-likeness (QED) is 0.544. The van der Waals surface area contributed by atoms with Crippen LogP contribution < -0.4 is 4.74 Å². The van der Waals surface area contributed by atoms with Crippen molar-refractivity contribution in [1.29, 1.82) is 0 Å². The van der Waals surface area contributed by atoms with E-state index in [1.807, 2.05) is 0 Å². The molecule has 0 aliphatic carbocycles. The Kier molecular flexibility index (Phi) is 3.78. The maximum absolute atomic E-state index is 13.2. The maximum Gasteiger partial charge on any atom is 0.142 e. The van der Waals surface area contributed by atoms with E-state index in [4.69, 9.17) is 4.74 Å². The molecule has 3 heteroatoms. The summed E-state index contributed by atoms with van der Waals surface area (Å²) in [5, 5.41) is 0.518. The van der Waals surface area contributed by atoms with Crippen LogP contribution in [0.2, 0.25) is 0 Å². The third kappa shape index (κ3) is 2.46. The van der Waals surface area contributed by atoms with E-state index in [2.05, 4.69) is 27.8 Å². The minimum Gasteiger partial charge on any atom is -0.495 e. The molecule has 1 aromatic carbocycles. The minimum atomic E-state index is -0.354. The van der Waals surface area contributed by atoms with Crippen LogP contribution in [-0.4, -0.2) is 12.4 Å². The Labute approximate surface area is 85.0 Å². The SMILES string of the molecule is COc1cccc(F)c1C#CCBr. The van der Waals surface area contributed by atoms with Crippen LogP contribution in [0.1, 0.15) is 5.56 Å². The Morgan fingerprint density at radius 3 is 2.92 bits per heavy atom. The van der Waals surface area contributed by atoms with E-state index in [1.54, 1.807) is 12.1 Å². The van der Waals surface area contributed by atoms with Gasteiger partial charge in [-0.25, -0.2) is 4.39 Å². The number of hydrogen-bond acceptors (Lipinski definition) is 1. The standard InChI is InChI=1S/C10H8BrFO/c1-13-10-6-2-5-9(12)8(10)4-3-7-11/h2,5-6H,7H2,1H3. The van der Waals surface area contributed by atoms with Gasteiger partial charge in [0.1, 0.15) is 17.1 Å². The summed E-state index contributed by atoms with van der Waals surface area (Å²) in [5.41, 5.74) is 0.310. The Morgan fingerprint density at radius 1 is 1.54 bits per heavy atom. The van der Waals surface area contributed by atoms with E-state index in [0.717, 1.165) is 0 Å². The molecule has 0 saturated heterocycles. The summed E-state index contributed by atoms with van der Waals surface area (Å²) in [4.78, 5) is 0. The smallest absolute Gasteiger partial charge is 0.142 e. The Bertz CT molecular complexity index is 352. The van der Waals surface area contributed by atoms with Crippen LogP contribution in [0.3, 0.4) is 0 Å². The van der Waals surface area contributed by atoms with Gasteiger partial charge in [-0.05, 0) is 12.1 Å². The first-order chi connectivity index (χ1) is 6.29. The predicted octanol–water partition coefficient (Wildman–Crippen LogP) is 2.58. The molecule has 0 saturated carbocycles. The maximum atomic E-state index is 13.2. The third-order valence-electron chi connectivity index (χ3n) is 1.48. The van der Waals surface area contributed by atoms with Crippen molar-refractivity contribution in [3.05, 3.63) is 29.6 Å². The minimum absolute atomic E-state index is 0.310. The molecular weight excluding hydrogens is 235 g/mol. The number of hydrogen-bond donors (Lipinski definition) is 0. The van der Waals surface area contributed by atoms with Gasteiger partial charge in [0.15, 0.2) is 0 Å². The zero-order valence-electron chi connectivity index (χ0n) is 7.10. The van der Waals surface area contributed by atoms with E-state index in [9.17, 15) is 4.39 Å². The van der Waals surface area contributed by atoms with Crippen LogP contribution in [0.15, 0.2) is 18.2 Å². The highest BCUT2D eigenvalue weighted by Crippen LogP contribution is 2.19. The molecule has 1 nitrogen and oxygen atoms in total. The molecule has 0 atom stereocenters. The molecule has 0 aliphatic heterocycles. The first-order valence-corrected chi connectivity index (χ1v) is 4.79. The summed E-state index contributed by atoms with van der Waals surface area (Å²) in [6, 6.07) is 4.63. The van der Waals surface area contributed by atoms with E-state index in [-0.39, 0.29) is 5.82 Å². The molecule has 0 aliphatic rings. The van der Waals surface area contributed by atoms with E-state index in [1.165, 1.54) is 13.2 Å². The molecule has 68 valence electrons. The summed E-state index contributed by atoms with van der Waals surface area (Å²) >= 11 is 3.14. The van der Waals surface area contributed by atoms with E-state index >= 15 is 0 Å². The highest BCUT2D eigenvalue weighted by Gasteiger charge is 2.04. The number of alkyl halides is 1. The summed E-state index contributed by atoms with van der Waals surface area (Å²) in [6.45, 7) is 0. The Balaban J connectivity index is 3.15. The summed E-state index contributed by atoms with van der Waals surface area (Å²) in [6.07, 6.45) is 0. The van der Waals surface area contributed by atoms with Crippen LogP contribution in [-0.2, 0) is 0 Å². The topological polar surface area (TPSA) is 9.23 Å². The highest BCUT2D eigenvalue weighted by atomic mass is 79.9. The van der Waals surface area contributed by atoms with Crippen molar-refractivity contribution >= 4 is 15.9 Å². The van der Waals surface area contributed by atoms with Gasteiger partial charge in [0.2, 0.25) is 0 Å². The molecule has 0 spiro atoms. The fourth-order valence-electron chi connectivity index (χ4n) is 0.918. The first kappa shape index (κ1) is 10.1. The van der Waals surface area contributed by atoms with Crippen LogP contribution >= 0.6 is 15.9 Å².